The van der Waals surface area contributed by atoms with Gasteiger partial charge in [-0.3, -0.25) is 9.88 Å². The Balaban J connectivity index is 1.39. The summed E-state index contributed by atoms with van der Waals surface area (Å²) in [5.74, 6) is 2.45. The van der Waals surface area contributed by atoms with Crippen LogP contribution < -0.4 is 9.64 Å². The Labute approximate surface area is 153 Å². The van der Waals surface area contributed by atoms with E-state index in [-0.39, 0.29) is 0 Å². The smallest absolute Gasteiger partial charge is 0.225 e. The van der Waals surface area contributed by atoms with Gasteiger partial charge >= 0.3 is 0 Å². The zero-order valence-corrected chi connectivity index (χ0v) is 14.5. The first-order valence-corrected chi connectivity index (χ1v) is 8.78. The lowest BCUT2D eigenvalue weighted by atomic mass is 10.1. The van der Waals surface area contributed by atoms with Crippen molar-refractivity contribution in [1.29, 1.82) is 0 Å². The second-order valence-corrected chi connectivity index (χ2v) is 6.21. The molecular weight excluding hydrogens is 326 g/mol. The van der Waals surface area contributed by atoms with Gasteiger partial charge in [0.15, 0.2) is 0 Å². The van der Waals surface area contributed by atoms with Crippen molar-refractivity contribution in [2.24, 2.45) is 0 Å². The average molecular weight is 347 g/mol. The zero-order valence-electron chi connectivity index (χ0n) is 14.5. The van der Waals surface area contributed by atoms with Crippen LogP contribution in [0, 0.1) is 0 Å². The van der Waals surface area contributed by atoms with Crippen molar-refractivity contribution >= 4 is 5.95 Å². The van der Waals surface area contributed by atoms with Gasteiger partial charge in [-0.15, -0.1) is 0 Å². The zero-order chi connectivity index (χ0) is 17.6. The number of benzene rings is 1. The lowest BCUT2D eigenvalue weighted by Crippen LogP contribution is -2.46. The highest BCUT2D eigenvalue weighted by molar-refractivity contribution is 5.37. The maximum atomic E-state index is 6.02. The van der Waals surface area contributed by atoms with Gasteiger partial charge in [-0.1, -0.05) is 18.2 Å². The molecule has 1 aliphatic rings. The Bertz CT molecular complexity index is 820. The van der Waals surface area contributed by atoms with Crippen molar-refractivity contribution in [3.63, 3.8) is 0 Å². The summed E-state index contributed by atoms with van der Waals surface area (Å²) in [4.78, 5) is 17.5. The normalized spacial score (nSPS) is 15.0. The van der Waals surface area contributed by atoms with Crippen LogP contribution in [0.25, 0.3) is 0 Å². The molecule has 2 aromatic heterocycles. The first kappa shape index (κ1) is 16.5. The molecule has 0 unspecified atom stereocenters. The van der Waals surface area contributed by atoms with Crippen molar-refractivity contribution in [1.82, 2.24) is 19.9 Å². The van der Waals surface area contributed by atoms with E-state index in [0.717, 1.165) is 50.2 Å². The summed E-state index contributed by atoms with van der Waals surface area (Å²) in [6.45, 7) is 4.66. The number of nitrogens with zero attached hydrogens (tertiary/aromatic N) is 5. The molecule has 0 bridgehead atoms. The van der Waals surface area contributed by atoms with E-state index in [0.29, 0.717) is 0 Å². The topological polar surface area (TPSA) is 54.4 Å². The Hall–Kier alpha value is -2.99. The van der Waals surface area contributed by atoms with Crippen LogP contribution >= 0.6 is 0 Å². The molecule has 0 aliphatic carbocycles. The number of piperazine rings is 1. The molecule has 0 spiro atoms. The van der Waals surface area contributed by atoms with Crippen molar-refractivity contribution in [2.45, 2.75) is 6.54 Å². The molecule has 0 atom stereocenters. The first-order valence-electron chi connectivity index (χ1n) is 8.78. The molecule has 6 nitrogen and oxygen atoms in total. The Morgan fingerprint density at radius 2 is 1.65 bits per heavy atom. The van der Waals surface area contributed by atoms with Gasteiger partial charge in [0.2, 0.25) is 5.95 Å². The van der Waals surface area contributed by atoms with Gasteiger partial charge in [0.1, 0.15) is 11.5 Å². The number of anilines is 1. The highest BCUT2D eigenvalue weighted by Gasteiger charge is 2.19. The summed E-state index contributed by atoms with van der Waals surface area (Å²) >= 11 is 0. The molecule has 0 N–H and O–H groups in total. The van der Waals surface area contributed by atoms with E-state index in [9.17, 15) is 0 Å². The van der Waals surface area contributed by atoms with Crippen LogP contribution in [0.1, 0.15) is 5.56 Å². The van der Waals surface area contributed by atoms with E-state index in [1.165, 1.54) is 5.56 Å². The van der Waals surface area contributed by atoms with Crippen LogP contribution in [0.15, 0.2) is 67.3 Å². The third-order valence-corrected chi connectivity index (χ3v) is 4.44. The molecule has 6 heteroatoms. The highest BCUT2D eigenvalue weighted by Crippen LogP contribution is 2.26. The number of rotatable bonds is 5. The van der Waals surface area contributed by atoms with Crippen LogP contribution in [-0.4, -0.2) is 46.0 Å². The number of hydrogen-bond donors (Lipinski definition) is 0. The largest absolute Gasteiger partial charge is 0.455 e. The molecular formula is C20H21N5O. The third kappa shape index (κ3) is 3.97. The molecule has 0 radical (unpaired) electrons. The van der Waals surface area contributed by atoms with Gasteiger partial charge in [-0.25, -0.2) is 9.97 Å². The summed E-state index contributed by atoms with van der Waals surface area (Å²) in [6.07, 6.45) is 7.06. The summed E-state index contributed by atoms with van der Waals surface area (Å²) in [5, 5.41) is 0. The highest BCUT2D eigenvalue weighted by atomic mass is 16.5. The van der Waals surface area contributed by atoms with Gasteiger partial charge in [0.25, 0.3) is 0 Å². The second kappa shape index (κ2) is 7.93. The minimum absolute atomic E-state index is 0.756. The summed E-state index contributed by atoms with van der Waals surface area (Å²) in [6, 6.07) is 13.8. The molecule has 0 saturated carbocycles. The summed E-state index contributed by atoms with van der Waals surface area (Å²) in [7, 11) is 0. The number of pyridine rings is 1. The van der Waals surface area contributed by atoms with Crippen LogP contribution in [0.3, 0.4) is 0 Å². The standard InChI is InChI=1S/C20H21N5O/c1-2-7-19(26-18-6-3-8-21-15-18)17(5-1)16-24-11-13-25(14-12-24)20-22-9-4-10-23-20/h1-10,15H,11-14,16H2. The average Bonchev–Trinajstić information content (AvgIpc) is 2.72. The minimum Gasteiger partial charge on any atom is -0.455 e. The van der Waals surface area contributed by atoms with E-state index < -0.39 is 0 Å². The third-order valence-electron chi connectivity index (χ3n) is 4.44. The second-order valence-electron chi connectivity index (χ2n) is 6.21. The van der Waals surface area contributed by atoms with Gasteiger partial charge in [-0.2, -0.15) is 0 Å². The van der Waals surface area contributed by atoms with E-state index >= 15 is 0 Å². The van der Waals surface area contributed by atoms with Gasteiger partial charge < -0.3 is 9.64 Å². The molecule has 132 valence electrons. The van der Waals surface area contributed by atoms with Crippen molar-refractivity contribution in [3.05, 3.63) is 72.8 Å². The lowest BCUT2D eigenvalue weighted by molar-refractivity contribution is 0.246. The molecule has 26 heavy (non-hydrogen) atoms. The minimum atomic E-state index is 0.756. The maximum Gasteiger partial charge on any atom is 0.225 e. The van der Waals surface area contributed by atoms with Crippen LogP contribution in [-0.2, 0) is 6.54 Å². The molecule has 1 fully saturated rings. The molecule has 1 saturated heterocycles. The summed E-state index contributed by atoms with van der Waals surface area (Å²) < 4.78 is 6.02. The van der Waals surface area contributed by atoms with Crippen LogP contribution in [0.4, 0.5) is 5.95 Å². The molecule has 3 aromatic rings. The Morgan fingerprint density at radius 1 is 0.846 bits per heavy atom. The van der Waals surface area contributed by atoms with Crippen LogP contribution in [0.5, 0.6) is 11.5 Å². The molecule has 1 aromatic carbocycles. The first-order chi connectivity index (χ1) is 12.9. The van der Waals surface area contributed by atoms with Crippen molar-refractivity contribution in [2.75, 3.05) is 31.1 Å². The van der Waals surface area contributed by atoms with E-state index in [4.69, 9.17) is 4.74 Å². The van der Waals surface area contributed by atoms with Crippen molar-refractivity contribution < 1.29 is 4.74 Å². The van der Waals surface area contributed by atoms with E-state index in [1.54, 1.807) is 24.8 Å². The van der Waals surface area contributed by atoms with Gasteiger partial charge in [-0.05, 0) is 24.3 Å². The van der Waals surface area contributed by atoms with E-state index in [1.807, 2.05) is 30.3 Å². The fourth-order valence-electron chi connectivity index (χ4n) is 3.07. The molecule has 0 amide bonds. The monoisotopic (exact) mass is 347 g/mol. The predicted molar refractivity (Wildman–Crippen MR) is 100 cm³/mol. The molecule has 3 heterocycles. The number of para-hydroxylation sites is 1. The fraction of sp³-hybridized carbons (Fsp3) is 0.250. The fourth-order valence-corrected chi connectivity index (χ4v) is 3.07. The van der Waals surface area contributed by atoms with Crippen LogP contribution in [0.2, 0.25) is 0 Å². The number of aromatic nitrogens is 3. The van der Waals surface area contributed by atoms with E-state index in [2.05, 4.69) is 36.9 Å². The Morgan fingerprint density at radius 3 is 2.42 bits per heavy atom. The number of ether oxygens (including phenoxy) is 1. The maximum absolute atomic E-state index is 6.02. The lowest BCUT2D eigenvalue weighted by Gasteiger charge is -2.34. The van der Waals surface area contributed by atoms with Gasteiger partial charge in [0, 0.05) is 56.9 Å². The number of hydrogen-bond acceptors (Lipinski definition) is 6. The SMILES string of the molecule is c1cnc(N2CCN(Cc3ccccc3Oc3cccnc3)CC2)nc1. The quantitative estimate of drug-likeness (QED) is 0.707. The predicted octanol–water partition coefficient (Wildman–Crippen LogP) is 2.99. The molecule has 1 aliphatic heterocycles. The van der Waals surface area contributed by atoms with Gasteiger partial charge in [0.05, 0.1) is 6.20 Å². The van der Waals surface area contributed by atoms with Crippen molar-refractivity contribution in [3.8, 4) is 11.5 Å². The Kier molecular flexibility index (Phi) is 5.02. The molecule has 4 rings (SSSR count). The summed E-state index contributed by atoms with van der Waals surface area (Å²) in [5.41, 5.74) is 1.18.